The van der Waals surface area contributed by atoms with Gasteiger partial charge in [0.2, 0.25) is 5.91 Å². The van der Waals surface area contributed by atoms with E-state index in [1.54, 1.807) is 6.07 Å². The zero-order valence-corrected chi connectivity index (χ0v) is 12.2. The van der Waals surface area contributed by atoms with Gasteiger partial charge in [0.1, 0.15) is 0 Å². The second kappa shape index (κ2) is 6.60. The highest BCUT2D eigenvalue weighted by Gasteiger charge is 2.43. The van der Waals surface area contributed by atoms with Gasteiger partial charge in [0.25, 0.3) is 0 Å². The Morgan fingerprint density at radius 3 is 2.58 bits per heavy atom. The van der Waals surface area contributed by atoms with Crippen LogP contribution in [0, 0.1) is 5.92 Å². The van der Waals surface area contributed by atoms with Crippen molar-refractivity contribution in [2.75, 3.05) is 13.1 Å². The third kappa shape index (κ3) is 4.10. The first-order valence-electron chi connectivity index (χ1n) is 6.55. The summed E-state index contributed by atoms with van der Waals surface area (Å²) >= 11 is 11.9. The van der Waals surface area contributed by atoms with Gasteiger partial charge in [0.15, 0.2) is 0 Å². The molecule has 1 aliphatic carbocycles. The summed E-state index contributed by atoms with van der Waals surface area (Å²) in [5.41, 5.74) is 6.46. The van der Waals surface area contributed by atoms with E-state index in [9.17, 15) is 4.79 Å². The quantitative estimate of drug-likeness (QED) is 0.794. The second-order valence-electron chi connectivity index (χ2n) is 4.94. The second-order valence-corrected chi connectivity index (χ2v) is 5.81. The lowest BCUT2D eigenvalue weighted by molar-refractivity contribution is -0.122. The number of nitrogens with one attached hydrogen (secondary N) is 1. The van der Waals surface area contributed by atoms with Crippen LogP contribution in [0.3, 0.4) is 0 Å². The Balaban J connectivity index is 1.84. The molecule has 1 saturated carbocycles. The van der Waals surface area contributed by atoms with Crippen LogP contribution < -0.4 is 11.1 Å². The molecule has 0 radical (unpaired) electrons. The van der Waals surface area contributed by atoms with Crippen LogP contribution in [0.5, 0.6) is 0 Å². The Morgan fingerprint density at radius 2 is 1.95 bits per heavy atom. The number of benzene rings is 1. The summed E-state index contributed by atoms with van der Waals surface area (Å²) in [5.74, 6) is 0.441. The molecule has 1 aliphatic rings. The summed E-state index contributed by atoms with van der Waals surface area (Å²) in [6, 6.07) is 5.48. The lowest BCUT2D eigenvalue weighted by atomic mass is 10.1. The van der Waals surface area contributed by atoms with Gasteiger partial charge in [-0.1, -0.05) is 23.2 Å². The third-order valence-electron chi connectivity index (χ3n) is 3.37. The number of rotatable bonds is 6. The van der Waals surface area contributed by atoms with Gasteiger partial charge in [0, 0.05) is 22.5 Å². The number of halogens is 2. The van der Waals surface area contributed by atoms with Crippen LogP contribution in [0.25, 0.3) is 0 Å². The minimum Gasteiger partial charge on any atom is -0.356 e. The molecule has 5 heteroatoms. The topological polar surface area (TPSA) is 55.1 Å². The fourth-order valence-electron chi connectivity index (χ4n) is 2.25. The maximum Gasteiger partial charge on any atom is 0.223 e. The van der Waals surface area contributed by atoms with Crippen molar-refractivity contribution in [3.8, 4) is 0 Å². The van der Waals surface area contributed by atoms with E-state index in [1.165, 1.54) is 0 Å². The Labute approximate surface area is 123 Å². The molecule has 3 nitrogen and oxygen atoms in total. The standard InChI is InChI=1S/C14H18Cl2N2O/c15-10-5-9(6-11(16)7-10)12-8-13(12)14(19)18-4-2-1-3-17/h5-7,12-13H,1-4,8,17H2,(H,18,19). The predicted octanol–water partition coefficient (Wildman–Crippen LogP) is 2.95. The van der Waals surface area contributed by atoms with Gasteiger partial charge in [-0.15, -0.1) is 0 Å². The van der Waals surface area contributed by atoms with Crippen molar-refractivity contribution < 1.29 is 4.79 Å². The number of nitrogens with two attached hydrogens (primary N) is 1. The van der Waals surface area contributed by atoms with Crippen LogP contribution in [0.15, 0.2) is 18.2 Å². The molecular weight excluding hydrogens is 283 g/mol. The molecule has 3 N–H and O–H groups in total. The molecule has 19 heavy (non-hydrogen) atoms. The van der Waals surface area contributed by atoms with Crippen LogP contribution >= 0.6 is 23.2 Å². The van der Waals surface area contributed by atoms with Gasteiger partial charge in [-0.25, -0.2) is 0 Å². The molecule has 2 unspecified atom stereocenters. The van der Waals surface area contributed by atoms with E-state index in [1.807, 2.05) is 12.1 Å². The summed E-state index contributed by atoms with van der Waals surface area (Å²) in [6.07, 6.45) is 2.75. The van der Waals surface area contributed by atoms with Crippen LogP contribution in [0.1, 0.15) is 30.7 Å². The average molecular weight is 301 g/mol. The minimum absolute atomic E-state index is 0.0624. The van der Waals surface area contributed by atoms with Crippen molar-refractivity contribution in [3.63, 3.8) is 0 Å². The SMILES string of the molecule is NCCCCNC(=O)C1CC1c1cc(Cl)cc(Cl)c1. The van der Waals surface area contributed by atoms with Gasteiger partial charge in [-0.05, 0) is 55.5 Å². The smallest absolute Gasteiger partial charge is 0.223 e. The third-order valence-corrected chi connectivity index (χ3v) is 3.81. The normalized spacial score (nSPS) is 21.2. The lowest BCUT2D eigenvalue weighted by Gasteiger charge is -2.05. The highest BCUT2D eigenvalue weighted by molar-refractivity contribution is 6.34. The van der Waals surface area contributed by atoms with Crippen molar-refractivity contribution >= 4 is 29.1 Å². The number of carbonyl (C=O) groups is 1. The van der Waals surface area contributed by atoms with Crippen molar-refractivity contribution in [2.24, 2.45) is 11.7 Å². The van der Waals surface area contributed by atoms with Crippen LogP contribution in [0.2, 0.25) is 10.0 Å². The summed E-state index contributed by atoms with van der Waals surface area (Å²) in [7, 11) is 0. The molecule has 0 aromatic heterocycles. The molecule has 104 valence electrons. The van der Waals surface area contributed by atoms with E-state index < -0.39 is 0 Å². The molecule has 2 rings (SSSR count). The Kier molecular flexibility index (Phi) is 5.08. The van der Waals surface area contributed by atoms with Crippen molar-refractivity contribution in [1.29, 1.82) is 0 Å². The lowest BCUT2D eigenvalue weighted by Crippen LogP contribution is -2.26. The van der Waals surface area contributed by atoms with Crippen molar-refractivity contribution in [3.05, 3.63) is 33.8 Å². The molecular formula is C14H18Cl2N2O. The molecule has 1 aromatic carbocycles. The summed E-state index contributed by atoms with van der Waals surface area (Å²) < 4.78 is 0. The Morgan fingerprint density at radius 1 is 1.26 bits per heavy atom. The fraction of sp³-hybridized carbons (Fsp3) is 0.500. The van der Waals surface area contributed by atoms with Crippen molar-refractivity contribution in [1.82, 2.24) is 5.32 Å². The Bertz CT molecular complexity index is 445. The first-order chi connectivity index (χ1) is 9.11. The molecule has 0 heterocycles. The van der Waals surface area contributed by atoms with E-state index in [-0.39, 0.29) is 17.7 Å². The largest absolute Gasteiger partial charge is 0.356 e. The maximum atomic E-state index is 11.9. The average Bonchev–Trinajstić information content (AvgIpc) is 3.13. The monoisotopic (exact) mass is 300 g/mol. The summed E-state index contributed by atoms with van der Waals surface area (Å²) in [5, 5.41) is 4.19. The van der Waals surface area contributed by atoms with E-state index >= 15 is 0 Å². The summed E-state index contributed by atoms with van der Waals surface area (Å²) in [4.78, 5) is 11.9. The summed E-state index contributed by atoms with van der Waals surface area (Å²) in [6.45, 7) is 1.37. The minimum atomic E-state index is 0.0624. The number of carbonyl (C=O) groups excluding carboxylic acids is 1. The molecule has 2 atom stereocenters. The van der Waals surface area contributed by atoms with E-state index in [4.69, 9.17) is 28.9 Å². The maximum absolute atomic E-state index is 11.9. The molecule has 0 spiro atoms. The zero-order valence-electron chi connectivity index (χ0n) is 10.7. The molecule has 1 aromatic rings. The van der Waals surface area contributed by atoms with Gasteiger partial charge in [-0.3, -0.25) is 4.79 Å². The molecule has 1 amide bonds. The van der Waals surface area contributed by atoms with Crippen LogP contribution in [0.4, 0.5) is 0 Å². The number of hydrogen-bond acceptors (Lipinski definition) is 2. The van der Waals surface area contributed by atoms with Crippen LogP contribution in [-0.2, 0) is 4.79 Å². The van der Waals surface area contributed by atoms with Crippen LogP contribution in [-0.4, -0.2) is 19.0 Å². The number of hydrogen-bond donors (Lipinski definition) is 2. The molecule has 0 bridgehead atoms. The highest BCUT2D eigenvalue weighted by Crippen LogP contribution is 2.48. The van der Waals surface area contributed by atoms with E-state index in [0.717, 1.165) is 24.8 Å². The van der Waals surface area contributed by atoms with Gasteiger partial charge < -0.3 is 11.1 Å². The first kappa shape index (κ1) is 14.6. The van der Waals surface area contributed by atoms with Gasteiger partial charge in [-0.2, -0.15) is 0 Å². The highest BCUT2D eigenvalue weighted by atomic mass is 35.5. The van der Waals surface area contributed by atoms with Gasteiger partial charge >= 0.3 is 0 Å². The predicted molar refractivity (Wildman–Crippen MR) is 78.6 cm³/mol. The first-order valence-corrected chi connectivity index (χ1v) is 7.31. The van der Waals surface area contributed by atoms with E-state index in [0.29, 0.717) is 23.1 Å². The van der Waals surface area contributed by atoms with E-state index in [2.05, 4.69) is 5.32 Å². The zero-order chi connectivity index (χ0) is 13.8. The molecule has 0 aliphatic heterocycles. The molecule has 1 fully saturated rings. The van der Waals surface area contributed by atoms with Gasteiger partial charge in [0.05, 0.1) is 0 Å². The molecule has 0 saturated heterocycles. The van der Waals surface area contributed by atoms with Crippen molar-refractivity contribution in [2.45, 2.75) is 25.2 Å². The Hall–Kier alpha value is -0.770. The number of unbranched alkanes of at least 4 members (excludes halogenated alkanes) is 1. The fourth-order valence-corrected chi connectivity index (χ4v) is 2.80. The number of amides is 1.